The van der Waals surface area contributed by atoms with Gasteiger partial charge in [-0.3, -0.25) is 14.9 Å². The van der Waals surface area contributed by atoms with Gasteiger partial charge in [-0.1, -0.05) is 12.1 Å². The zero-order valence-corrected chi connectivity index (χ0v) is 14.4. The summed E-state index contributed by atoms with van der Waals surface area (Å²) in [6, 6.07) is 6.57. The fourth-order valence-corrected chi connectivity index (χ4v) is 4.46. The van der Waals surface area contributed by atoms with E-state index in [4.69, 9.17) is 0 Å². The second kappa shape index (κ2) is 6.53. The Bertz CT molecular complexity index is 814. The molecule has 3 aliphatic rings. The van der Waals surface area contributed by atoms with E-state index in [0.29, 0.717) is 16.5 Å². The van der Waals surface area contributed by atoms with Crippen molar-refractivity contribution < 1.29 is 9.72 Å². The van der Waals surface area contributed by atoms with Crippen molar-refractivity contribution in [3.8, 4) is 10.4 Å². The lowest BCUT2D eigenvalue weighted by atomic mass is 9.84. The number of nitrogens with one attached hydrogen (secondary N) is 1. The van der Waals surface area contributed by atoms with Crippen molar-refractivity contribution in [1.82, 2.24) is 15.2 Å². The van der Waals surface area contributed by atoms with Crippen LogP contribution in [0, 0.1) is 16.0 Å². The lowest BCUT2D eigenvalue weighted by molar-refractivity contribution is -0.384. The molecule has 2 aromatic rings. The Hall–Kier alpha value is -2.32. The minimum Gasteiger partial charge on any atom is -0.346 e. The van der Waals surface area contributed by atoms with Crippen LogP contribution < -0.4 is 5.32 Å². The van der Waals surface area contributed by atoms with Crippen molar-refractivity contribution in [3.05, 3.63) is 45.6 Å². The summed E-state index contributed by atoms with van der Waals surface area (Å²) in [5, 5.41) is 14.4. The third-order valence-corrected chi connectivity index (χ3v) is 6.06. The van der Waals surface area contributed by atoms with Gasteiger partial charge in [0, 0.05) is 36.5 Å². The first-order valence-electron chi connectivity index (χ1n) is 8.34. The molecule has 25 heavy (non-hydrogen) atoms. The third kappa shape index (κ3) is 3.27. The van der Waals surface area contributed by atoms with Gasteiger partial charge in [0.15, 0.2) is 5.01 Å². The van der Waals surface area contributed by atoms with Gasteiger partial charge >= 0.3 is 0 Å². The van der Waals surface area contributed by atoms with Crippen molar-refractivity contribution in [1.29, 1.82) is 0 Å². The van der Waals surface area contributed by atoms with Crippen LogP contribution in [-0.4, -0.2) is 46.4 Å². The molecule has 0 radical (unpaired) electrons. The van der Waals surface area contributed by atoms with E-state index in [1.54, 1.807) is 18.3 Å². The maximum atomic E-state index is 12.5. The minimum atomic E-state index is -0.425. The quantitative estimate of drug-likeness (QED) is 0.670. The Balaban J connectivity index is 1.48. The van der Waals surface area contributed by atoms with Crippen LogP contribution in [0.3, 0.4) is 0 Å². The molecule has 1 aromatic heterocycles. The monoisotopic (exact) mass is 358 g/mol. The van der Waals surface area contributed by atoms with Crippen LogP contribution in [0.2, 0.25) is 0 Å². The Morgan fingerprint density at radius 3 is 2.84 bits per heavy atom. The fourth-order valence-electron chi connectivity index (χ4n) is 3.64. The number of rotatable bonds is 4. The number of piperidine rings is 3. The van der Waals surface area contributed by atoms with Crippen LogP contribution in [0.5, 0.6) is 0 Å². The SMILES string of the molecule is O=C(N[C@H]1CN2CCC1CC2)c1ncc(-c2cccc([N+](=O)[O-])c2)s1. The van der Waals surface area contributed by atoms with E-state index in [1.165, 1.54) is 23.5 Å². The first-order valence-corrected chi connectivity index (χ1v) is 9.15. The van der Waals surface area contributed by atoms with Crippen molar-refractivity contribution in [3.63, 3.8) is 0 Å². The van der Waals surface area contributed by atoms with Crippen LogP contribution >= 0.6 is 11.3 Å². The average molecular weight is 358 g/mol. The lowest BCUT2D eigenvalue weighted by Crippen LogP contribution is -2.57. The highest BCUT2D eigenvalue weighted by atomic mass is 32.1. The van der Waals surface area contributed by atoms with Crippen molar-refractivity contribution in [2.45, 2.75) is 18.9 Å². The van der Waals surface area contributed by atoms with Gasteiger partial charge in [-0.25, -0.2) is 4.98 Å². The summed E-state index contributed by atoms with van der Waals surface area (Å²) in [4.78, 5) is 30.4. The molecule has 3 saturated heterocycles. The molecule has 3 fully saturated rings. The molecule has 0 saturated carbocycles. The highest BCUT2D eigenvalue weighted by molar-refractivity contribution is 7.17. The number of hydrogen-bond acceptors (Lipinski definition) is 6. The van der Waals surface area contributed by atoms with Gasteiger partial charge in [-0.2, -0.15) is 0 Å². The lowest BCUT2D eigenvalue weighted by Gasteiger charge is -2.44. The molecule has 3 aliphatic heterocycles. The number of carbonyl (C=O) groups excluding carboxylic acids is 1. The van der Waals surface area contributed by atoms with E-state index in [1.807, 2.05) is 0 Å². The molecule has 4 heterocycles. The summed E-state index contributed by atoms with van der Waals surface area (Å²) in [6.45, 7) is 3.18. The van der Waals surface area contributed by atoms with Crippen molar-refractivity contribution in [2.24, 2.45) is 5.92 Å². The number of non-ortho nitro benzene ring substituents is 1. The Labute approximate surface area is 148 Å². The molecule has 5 rings (SSSR count). The average Bonchev–Trinajstić information content (AvgIpc) is 3.13. The number of benzene rings is 1. The highest BCUT2D eigenvalue weighted by Gasteiger charge is 2.35. The number of nitro benzene ring substituents is 1. The number of aromatic nitrogens is 1. The highest BCUT2D eigenvalue weighted by Crippen LogP contribution is 2.30. The molecule has 8 heteroatoms. The normalized spacial score (nSPS) is 24.9. The van der Waals surface area contributed by atoms with E-state index in [-0.39, 0.29) is 17.6 Å². The number of hydrogen-bond donors (Lipinski definition) is 1. The summed E-state index contributed by atoms with van der Waals surface area (Å²) >= 11 is 1.26. The van der Waals surface area contributed by atoms with Gasteiger partial charge in [0.1, 0.15) is 0 Å². The van der Waals surface area contributed by atoms with E-state index in [9.17, 15) is 14.9 Å². The standard InChI is InChI=1S/C17H18N4O3S/c22-16(19-14-10-20-6-4-11(14)5-7-20)17-18-9-15(25-17)12-2-1-3-13(8-12)21(23)24/h1-3,8-9,11,14H,4-7,10H2,(H,19,22)/t14-/m0/s1. The molecule has 7 nitrogen and oxygen atoms in total. The molecule has 130 valence electrons. The van der Waals surface area contributed by atoms with Gasteiger partial charge in [0.25, 0.3) is 11.6 Å². The zero-order valence-electron chi connectivity index (χ0n) is 13.6. The molecule has 1 atom stereocenters. The maximum absolute atomic E-state index is 12.5. The Morgan fingerprint density at radius 2 is 2.16 bits per heavy atom. The number of amides is 1. The van der Waals surface area contributed by atoms with Crippen LogP contribution in [0.1, 0.15) is 22.6 Å². The number of carbonyl (C=O) groups is 1. The van der Waals surface area contributed by atoms with Gasteiger partial charge in [0.2, 0.25) is 0 Å². The molecular formula is C17H18N4O3S. The van der Waals surface area contributed by atoms with Crippen molar-refractivity contribution in [2.75, 3.05) is 19.6 Å². The van der Waals surface area contributed by atoms with Crippen LogP contribution in [0.25, 0.3) is 10.4 Å². The van der Waals surface area contributed by atoms with Crippen LogP contribution in [0.4, 0.5) is 5.69 Å². The number of thiazole rings is 1. The van der Waals surface area contributed by atoms with Gasteiger partial charge in [-0.05, 0) is 31.8 Å². The molecule has 1 N–H and O–H groups in total. The number of nitro groups is 1. The van der Waals surface area contributed by atoms with E-state index >= 15 is 0 Å². The number of nitrogens with zero attached hydrogens (tertiary/aromatic N) is 3. The fraction of sp³-hybridized carbons (Fsp3) is 0.412. The Morgan fingerprint density at radius 1 is 1.36 bits per heavy atom. The van der Waals surface area contributed by atoms with Crippen LogP contribution in [-0.2, 0) is 0 Å². The summed E-state index contributed by atoms with van der Waals surface area (Å²) in [6.07, 6.45) is 3.89. The largest absolute Gasteiger partial charge is 0.346 e. The summed E-state index contributed by atoms with van der Waals surface area (Å²) in [7, 11) is 0. The first kappa shape index (κ1) is 16.2. The number of fused-ring (bicyclic) bond motifs is 3. The molecule has 1 amide bonds. The summed E-state index contributed by atoms with van der Waals surface area (Å²) in [5.41, 5.74) is 0.734. The first-order chi connectivity index (χ1) is 12.1. The smallest absolute Gasteiger partial charge is 0.280 e. The second-order valence-corrected chi connectivity index (χ2v) is 7.59. The molecule has 2 bridgehead atoms. The molecule has 0 spiro atoms. The summed E-state index contributed by atoms with van der Waals surface area (Å²) < 4.78 is 0. The van der Waals surface area contributed by atoms with Gasteiger partial charge in [-0.15, -0.1) is 11.3 Å². The third-order valence-electron chi connectivity index (χ3n) is 5.01. The predicted molar refractivity (Wildman–Crippen MR) is 94.6 cm³/mol. The van der Waals surface area contributed by atoms with E-state index in [0.717, 1.165) is 37.4 Å². The second-order valence-electron chi connectivity index (χ2n) is 6.56. The van der Waals surface area contributed by atoms with Gasteiger partial charge in [0.05, 0.1) is 9.80 Å². The van der Waals surface area contributed by atoms with E-state index in [2.05, 4.69) is 15.2 Å². The van der Waals surface area contributed by atoms with Crippen molar-refractivity contribution >= 4 is 22.9 Å². The molecular weight excluding hydrogens is 340 g/mol. The zero-order chi connectivity index (χ0) is 17.4. The summed E-state index contributed by atoms with van der Waals surface area (Å²) in [5.74, 6) is 0.408. The molecule has 0 unspecified atom stereocenters. The maximum Gasteiger partial charge on any atom is 0.280 e. The topological polar surface area (TPSA) is 88.4 Å². The van der Waals surface area contributed by atoms with E-state index < -0.39 is 4.92 Å². The minimum absolute atomic E-state index is 0.0316. The van der Waals surface area contributed by atoms with Gasteiger partial charge < -0.3 is 10.2 Å². The van der Waals surface area contributed by atoms with Crippen LogP contribution in [0.15, 0.2) is 30.5 Å². The molecule has 1 aromatic carbocycles. The Kier molecular flexibility index (Phi) is 4.22. The molecule has 0 aliphatic carbocycles. The predicted octanol–water partition coefficient (Wildman–Crippen LogP) is 2.54.